The van der Waals surface area contributed by atoms with E-state index in [-0.39, 0.29) is 6.42 Å². The highest BCUT2D eigenvalue weighted by atomic mass is 16.4. The minimum atomic E-state index is -0.707. The number of rotatable bonds is 15. The van der Waals surface area contributed by atoms with Crippen LogP contribution in [0.25, 0.3) is 22.3 Å². The van der Waals surface area contributed by atoms with Crippen molar-refractivity contribution in [3.05, 3.63) is 83.9 Å². The molecule has 3 aromatic carbocycles. The van der Waals surface area contributed by atoms with E-state index in [2.05, 4.69) is 79.7 Å². The molecular formula is C37H48O2. The normalized spacial score (nSPS) is 17.3. The molecule has 3 aromatic rings. The van der Waals surface area contributed by atoms with Crippen LogP contribution in [-0.2, 0) is 11.2 Å². The van der Waals surface area contributed by atoms with Gasteiger partial charge in [0.05, 0.1) is 0 Å². The van der Waals surface area contributed by atoms with Crippen LogP contribution >= 0.6 is 0 Å². The zero-order valence-electron chi connectivity index (χ0n) is 24.0. The molecule has 0 atom stereocenters. The van der Waals surface area contributed by atoms with E-state index in [1.165, 1.54) is 104 Å². The summed E-state index contributed by atoms with van der Waals surface area (Å²) in [5, 5.41) is 8.84. The van der Waals surface area contributed by atoms with Gasteiger partial charge in [0, 0.05) is 6.42 Å². The van der Waals surface area contributed by atoms with E-state index >= 15 is 0 Å². The number of carboxylic acids is 1. The number of aliphatic carboxylic acids is 1. The lowest BCUT2D eigenvalue weighted by Crippen LogP contribution is -2.13. The third kappa shape index (κ3) is 9.09. The van der Waals surface area contributed by atoms with Gasteiger partial charge in [0.25, 0.3) is 0 Å². The Bertz CT molecular complexity index is 1120. The minimum Gasteiger partial charge on any atom is -0.481 e. The summed E-state index contributed by atoms with van der Waals surface area (Å²) in [6.07, 6.45) is 18.2. The highest BCUT2D eigenvalue weighted by Crippen LogP contribution is 2.39. The van der Waals surface area contributed by atoms with E-state index in [1.54, 1.807) is 0 Å². The molecule has 208 valence electrons. The SMILES string of the molecule is CCCCCCCC[C@H]1CC[C@H](c2ccc(-c3ccccc3-c3ccc(CCCCC(=O)O)cc3)cc2)CC1. The van der Waals surface area contributed by atoms with Crippen molar-refractivity contribution in [3.8, 4) is 22.3 Å². The summed E-state index contributed by atoms with van der Waals surface area (Å²) in [7, 11) is 0. The molecule has 1 N–H and O–H groups in total. The lowest BCUT2D eigenvalue weighted by atomic mass is 9.77. The molecule has 0 heterocycles. The first kappa shape index (κ1) is 29.1. The Balaban J connectivity index is 1.31. The van der Waals surface area contributed by atoms with E-state index in [9.17, 15) is 4.79 Å². The zero-order valence-corrected chi connectivity index (χ0v) is 24.0. The number of unbranched alkanes of at least 4 members (excludes halogenated alkanes) is 6. The van der Waals surface area contributed by atoms with Crippen LogP contribution in [0.4, 0.5) is 0 Å². The fraction of sp³-hybridized carbons (Fsp3) is 0.486. The number of hydrogen-bond acceptors (Lipinski definition) is 1. The van der Waals surface area contributed by atoms with E-state index in [4.69, 9.17) is 5.11 Å². The first-order valence-electron chi connectivity index (χ1n) is 15.6. The van der Waals surface area contributed by atoms with E-state index in [0.717, 1.165) is 31.1 Å². The van der Waals surface area contributed by atoms with Gasteiger partial charge in [-0.1, -0.05) is 125 Å². The van der Waals surface area contributed by atoms with Crippen molar-refractivity contribution in [1.82, 2.24) is 0 Å². The van der Waals surface area contributed by atoms with Gasteiger partial charge in [-0.15, -0.1) is 0 Å². The van der Waals surface area contributed by atoms with Crippen LogP contribution in [-0.4, -0.2) is 11.1 Å². The van der Waals surface area contributed by atoms with Gasteiger partial charge in [0.15, 0.2) is 0 Å². The Kier molecular flexibility index (Phi) is 11.7. The number of benzene rings is 3. The third-order valence-corrected chi connectivity index (χ3v) is 8.80. The fourth-order valence-electron chi connectivity index (χ4n) is 6.38. The predicted octanol–water partition coefficient (Wildman–Crippen LogP) is 10.8. The maximum absolute atomic E-state index is 10.7. The molecule has 0 unspecified atom stereocenters. The summed E-state index contributed by atoms with van der Waals surface area (Å²) in [5.74, 6) is 0.967. The van der Waals surface area contributed by atoms with Crippen molar-refractivity contribution in [2.45, 2.75) is 109 Å². The molecule has 0 spiro atoms. The summed E-state index contributed by atoms with van der Waals surface area (Å²) < 4.78 is 0. The van der Waals surface area contributed by atoms with Crippen molar-refractivity contribution < 1.29 is 9.90 Å². The van der Waals surface area contributed by atoms with Gasteiger partial charge >= 0.3 is 5.97 Å². The summed E-state index contributed by atoms with van der Waals surface area (Å²) in [6.45, 7) is 2.29. The van der Waals surface area contributed by atoms with E-state index in [0.29, 0.717) is 0 Å². The number of carboxylic acid groups (broad SMARTS) is 1. The molecule has 4 rings (SSSR count). The Hall–Kier alpha value is -2.87. The molecular weight excluding hydrogens is 476 g/mol. The quantitative estimate of drug-likeness (QED) is 0.201. The molecule has 39 heavy (non-hydrogen) atoms. The number of carbonyl (C=O) groups is 1. The van der Waals surface area contributed by atoms with Crippen LogP contribution in [0, 0.1) is 5.92 Å². The van der Waals surface area contributed by atoms with Crippen LogP contribution < -0.4 is 0 Å². The Morgan fingerprint density at radius 1 is 0.692 bits per heavy atom. The van der Waals surface area contributed by atoms with E-state index in [1.807, 2.05) is 0 Å². The van der Waals surface area contributed by atoms with Crippen LogP contribution in [0.3, 0.4) is 0 Å². The van der Waals surface area contributed by atoms with Crippen molar-refractivity contribution in [2.75, 3.05) is 0 Å². The summed E-state index contributed by atoms with van der Waals surface area (Å²) >= 11 is 0. The maximum Gasteiger partial charge on any atom is 0.303 e. The largest absolute Gasteiger partial charge is 0.481 e. The van der Waals surface area contributed by atoms with Crippen LogP contribution in [0.1, 0.15) is 114 Å². The summed E-state index contributed by atoms with van der Waals surface area (Å²) in [6, 6.07) is 26.9. The molecule has 1 saturated carbocycles. The zero-order chi connectivity index (χ0) is 27.3. The monoisotopic (exact) mass is 524 g/mol. The Morgan fingerprint density at radius 3 is 1.90 bits per heavy atom. The first-order chi connectivity index (χ1) is 19.1. The lowest BCUT2D eigenvalue weighted by molar-refractivity contribution is -0.137. The van der Waals surface area contributed by atoms with Crippen molar-refractivity contribution in [1.29, 1.82) is 0 Å². The number of hydrogen-bond donors (Lipinski definition) is 1. The second kappa shape index (κ2) is 15.7. The summed E-state index contributed by atoms with van der Waals surface area (Å²) in [5.41, 5.74) is 7.84. The molecule has 1 aliphatic carbocycles. The van der Waals surface area contributed by atoms with Gasteiger partial charge in [-0.25, -0.2) is 0 Å². The van der Waals surface area contributed by atoms with Crippen LogP contribution in [0.5, 0.6) is 0 Å². The van der Waals surface area contributed by atoms with Gasteiger partial charge in [-0.2, -0.15) is 0 Å². The van der Waals surface area contributed by atoms with Crippen LogP contribution in [0.15, 0.2) is 72.8 Å². The van der Waals surface area contributed by atoms with Crippen molar-refractivity contribution >= 4 is 5.97 Å². The smallest absolute Gasteiger partial charge is 0.303 e. The second-order valence-electron chi connectivity index (χ2n) is 11.7. The summed E-state index contributed by atoms with van der Waals surface area (Å²) in [4.78, 5) is 10.7. The highest BCUT2D eigenvalue weighted by molar-refractivity contribution is 5.83. The molecule has 0 aromatic heterocycles. The van der Waals surface area contributed by atoms with Crippen LogP contribution in [0.2, 0.25) is 0 Å². The van der Waals surface area contributed by atoms with Gasteiger partial charge in [-0.05, 0) is 90.2 Å². The fourth-order valence-corrected chi connectivity index (χ4v) is 6.38. The molecule has 0 radical (unpaired) electrons. The average Bonchev–Trinajstić information content (AvgIpc) is 2.98. The average molecular weight is 525 g/mol. The second-order valence-corrected chi connectivity index (χ2v) is 11.7. The topological polar surface area (TPSA) is 37.3 Å². The highest BCUT2D eigenvalue weighted by Gasteiger charge is 2.22. The van der Waals surface area contributed by atoms with E-state index < -0.39 is 5.97 Å². The molecule has 0 amide bonds. The Labute approximate surface area is 236 Å². The van der Waals surface area contributed by atoms with Gasteiger partial charge in [-0.3, -0.25) is 4.79 Å². The number of aryl methyl sites for hydroxylation is 1. The molecule has 2 nitrogen and oxygen atoms in total. The maximum atomic E-state index is 10.7. The van der Waals surface area contributed by atoms with Crippen molar-refractivity contribution in [3.63, 3.8) is 0 Å². The lowest BCUT2D eigenvalue weighted by Gasteiger charge is -2.29. The molecule has 0 aliphatic heterocycles. The molecule has 0 bridgehead atoms. The van der Waals surface area contributed by atoms with Gasteiger partial charge < -0.3 is 5.11 Å². The third-order valence-electron chi connectivity index (χ3n) is 8.80. The predicted molar refractivity (Wildman–Crippen MR) is 165 cm³/mol. The Morgan fingerprint density at radius 2 is 1.28 bits per heavy atom. The first-order valence-corrected chi connectivity index (χ1v) is 15.6. The standard InChI is InChI=1S/C37H48O2/c1-2-3-4-5-6-7-12-29-17-21-31(22-18-29)32-25-27-34(28-26-32)36-15-10-9-14-35(36)33-23-19-30(20-24-33)13-8-11-16-37(38)39/h9-10,14-15,19-20,23-29,31H,2-8,11-13,16-18,21-22H2,1H3,(H,38,39)/t29-,31-. The molecule has 0 saturated heterocycles. The van der Waals surface area contributed by atoms with Crippen molar-refractivity contribution in [2.24, 2.45) is 5.92 Å². The van der Waals surface area contributed by atoms with Gasteiger partial charge in [0.2, 0.25) is 0 Å². The molecule has 1 fully saturated rings. The minimum absolute atomic E-state index is 0.255. The molecule has 2 heteroatoms. The van der Waals surface area contributed by atoms with Gasteiger partial charge in [0.1, 0.15) is 0 Å². The molecule has 1 aliphatic rings.